The highest BCUT2D eigenvalue weighted by atomic mass is 16.6. The van der Waals surface area contributed by atoms with Crippen molar-refractivity contribution in [3.63, 3.8) is 0 Å². The molecule has 0 saturated carbocycles. The minimum Gasteiger partial charge on any atom is -0.461 e. The molecule has 0 aromatic heterocycles. The second-order valence-corrected chi connectivity index (χ2v) is 11.1. The van der Waals surface area contributed by atoms with Gasteiger partial charge in [-0.2, -0.15) is 4.79 Å². The first kappa shape index (κ1) is 26.8. The average Bonchev–Trinajstić information content (AvgIpc) is 3.27. The zero-order chi connectivity index (χ0) is 26.4. The first-order chi connectivity index (χ1) is 18.5. The molecule has 0 spiro atoms. The molecule has 3 saturated heterocycles. The van der Waals surface area contributed by atoms with Crippen LogP contribution in [-0.2, 0) is 27.4 Å². The van der Waals surface area contributed by atoms with Crippen LogP contribution in [0, 0.1) is 0 Å². The van der Waals surface area contributed by atoms with E-state index in [1.807, 2.05) is 30.3 Å². The summed E-state index contributed by atoms with van der Waals surface area (Å²) in [7, 11) is 2.07. The summed E-state index contributed by atoms with van der Waals surface area (Å²) in [6.07, 6.45) is 2.18. The molecular weight excluding hydrogens is 480 g/mol. The van der Waals surface area contributed by atoms with Crippen LogP contribution in [0.2, 0.25) is 0 Å². The summed E-state index contributed by atoms with van der Waals surface area (Å²) in [5.74, 6) is -0.163. The molecule has 0 N–H and O–H groups in total. The number of likely N-dealkylation sites (N-methyl/N-ethyl adjacent to an activating group) is 1. The maximum Gasteiger partial charge on any atom is 0.517 e. The molecule has 2 atom stereocenters. The fraction of sp³-hybridized carbons (Fsp3) is 0.533. The van der Waals surface area contributed by atoms with Crippen molar-refractivity contribution in [2.75, 3.05) is 59.4 Å². The fourth-order valence-corrected chi connectivity index (χ4v) is 5.98. The van der Waals surface area contributed by atoms with E-state index < -0.39 is 0 Å². The van der Waals surface area contributed by atoms with E-state index >= 15 is 0 Å². The summed E-state index contributed by atoms with van der Waals surface area (Å²) < 4.78 is 11.8. The van der Waals surface area contributed by atoms with E-state index in [-0.39, 0.29) is 18.3 Å². The number of hydrogen-bond acceptors (Lipinski definition) is 7. The minimum atomic E-state index is -0.163. The topological polar surface area (TPSA) is 62.3 Å². The molecule has 204 valence electrons. The summed E-state index contributed by atoms with van der Waals surface area (Å²) in [6, 6.07) is 20.7. The molecule has 0 aliphatic carbocycles. The Morgan fingerprint density at radius 3 is 2.18 bits per heavy atom. The van der Waals surface area contributed by atoms with Gasteiger partial charge in [0.05, 0.1) is 13.5 Å². The van der Waals surface area contributed by atoms with Gasteiger partial charge >= 0.3 is 12.1 Å². The van der Waals surface area contributed by atoms with Gasteiger partial charge in [0, 0.05) is 65.2 Å². The Bertz CT molecular complexity index is 1050. The smallest absolute Gasteiger partial charge is 0.461 e. The molecule has 3 fully saturated rings. The number of cyclic esters (lactones) is 1. The van der Waals surface area contributed by atoms with Crippen LogP contribution >= 0.6 is 0 Å². The van der Waals surface area contributed by atoms with Crippen molar-refractivity contribution in [2.24, 2.45) is 0 Å². The van der Waals surface area contributed by atoms with E-state index in [2.05, 4.69) is 52.1 Å². The summed E-state index contributed by atoms with van der Waals surface area (Å²) in [5, 5.41) is 0. The van der Waals surface area contributed by atoms with Crippen LogP contribution in [0.5, 0.6) is 0 Å². The largest absolute Gasteiger partial charge is 0.517 e. The third-order valence-corrected chi connectivity index (χ3v) is 8.49. The van der Waals surface area contributed by atoms with Gasteiger partial charge in [0.2, 0.25) is 6.23 Å². The highest BCUT2D eigenvalue weighted by Gasteiger charge is 2.53. The molecule has 0 radical (unpaired) electrons. The van der Waals surface area contributed by atoms with E-state index in [0.29, 0.717) is 36.6 Å². The number of amides is 1. The molecule has 5 rings (SSSR count). The maximum atomic E-state index is 13.1. The van der Waals surface area contributed by atoms with Crippen LogP contribution in [0.15, 0.2) is 60.7 Å². The van der Waals surface area contributed by atoms with Crippen molar-refractivity contribution in [2.45, 2.75) is 44.7 Å². The van der Waals surface area contributed by atoms with Crippen molar-refractivity contribution in [3.8, 4) is 0 Å². The predicted molar refractivity (Wildman–Crippen MR) is 145 cm³/mol. The maximum absolute atomic E-state index is 13.1. The van der Waals surface area contributed by atoms with Gasteiger partial charge in [-0.25, -0.2) is 4.48 Å². The molecule has 1 amide bonds. The van der Waals surface area contributed by atoms with Gasteiger partial charge in [-0.1, -0.05) is 60.7 Å². The zero-order valence-corrected chi connectivity index (χ0v) is 22.5. The third kappa shape index (κ3) is 6.61. The van der Waals surface area contributed by atoms with Crippen LogP contribution in [0.25, 0.3) is 0 Å². The number of carbonyl (C=O) groups is 2. The summed E-state index contributed by atoms with van der Waals surface area (Å²) in [5.41, 5.74) is 2.35. The van der Waals surface area contributed by atoms with Crippen LogP contribution < -0.4 is 0 Å². The van der Waals surface area contributed by atoms with Crippen LogP contribution in [0.3, 0.4) is 0 Å². The van der Waals surface area contributed by atoms with Gasteiger partial charge in [-0.15, -0.1) is 0 Å². The van der Waals surface area contributed by atoms with E-state index in [9.17, 15) is 9.59 Å². The molecule has 2 aromatic rings. The van der Waals surface area contributed by atoms with E-state index in [1.165, 1.54) is 5.56 Å². The van der Waals surface area contributed by atoms with Crippen LogP contribution in [0.1, 0.15) is 30.4 Å². The van der Waals surface area contributed by atoms with E-state index in [1.54, 1.807) is 0 Å². The Kier molecular flexibility index (Phi) is 8.74. The highest BCUT2D eigenvalue weighted by Crippen LogP contribution is 2.31. The lowest BCUT2D eigenvalue weighted by Crippen LogP contribution is -2.58. The molecule has 3 aliphatic rings. The third-order valence-electron chi connectivity index (χ3n) is 8.49. The number of piperidine rings is 1. The Morgan fingerprint density at radius 2 is 1.53 bits per heavy atom. The number of ether oxygens (including phenoxy) is 2. The molecule has 2 aromatic carbocycles. The van der Waals surface area contributed by atoms with Crippen molar-refractivity contribution < 1.29 is 23.5 Å². The van der Waals surface area contributed by atoms with Crippen LogP contribution in [-0.4, -0.2) is 103 Å². The lowest BCUT2D eigenvalue weighted by molar-refractivity contribution is -0.852. The zero-order valence-electron chi connectivity index (χ0n) is 22.5. The average molecular weight is 522 g/mol. The number of piperazine rings is 1. The SMILES string of the molecule is C[N+]1(C2CCN(Cc3ccccc3)CC2)CC(N2CCN(CCC(=O)OCc3ccccc3)CC2)OC1=O. The number of carbonyl (C=O) groups excluding carboxylic acids is 2. The number of rotatable bonds is 9. The Labute approximate surface area is 226 Å². The Morgan fingerprint density at radius 1 is 0.895 bits per heavy atom. The Hall–Kier alpha value is -2.78. The van der Waals surface area contributed by atoms with E-state index in [4.69, 9.17) is 9.47 Å². The second kappa shape index (κ2) is 12.4. The molecule has 8 heteroatoms. The molecule has 3 aliphatic heterocycles. The van der Waals surface area contributed by atoms with Gasteiger partial charge in [0.1, 0.15) is 19.2 Å². The second-order valence-electron chi connectivity index (χ2n) is 11.1. The normalized spacial score (nSPS) is 25.8. The van der Waals surface area contributed by atoms with Gasteiger partial charge < -0.3 is 14.4 Å². The lowest BCUT2D eigenvalue weighted by Gasteiger charge is -2.40. The fourth-order valence-electron chi connectivity index (χ4n) is 5.98. The number of likely N-dealkylation sites (tertiary alicyclic amines) is 1. The standard InChI is InChI=1S/C30H41N4O4/c1-34(27-12-15-32(16-13-27)22-25-8-4-2-5-9-25)23-28(38-30(34)36)33-20-18-31(19-21-33)17-14-29(35)37-24-26-10-6-3-7-11-26/h2-11,27-28H,12-24H2,1H3/q+1. The minimum absolute atomic E-state index is 0.0832. The van der Waals surface area contributed by atoms with Gasteiger partial charge in [-0.05, 0) is 11.1 Å². The highest BCUT2D eigenvalue weighted by molar-refractivity contribution is 5.69. The Balaban J connectivity index is 1.03. The van der Waals surface area contributed by atoms with E-state index in [0.717, 1.165) is 64.2 Å². The number of esters is 1. The predicted octanol–water partition coefficient (Wildman–Crippen LogP) is 3.33. The van der Waals surface area contributed by atoms with Crippen molar-refractivity contribution in [3.05, 3.63) is 71.8 Å². The van der Waals surface area contributed by atoms with Crippen molar-refractivity contribution >= 4 is 12.1 Å². The molecule has 38 heavy (non-hydrogen) atoms. The summed E-state index contributed by atoms with van der Waals surface area (Å²) >= 11 is 0. The van der Waals surface area contributed by atoms with Crippen LogP contribution in [0.4, 0.5) is 4.79 Å². The van der Waals surface area contributed by atoms with Gasteiger partial charge in [0.25, 0.3) is 0 Å². The monoisotopic (exact) mass is 521 g/mol. The first-order valence-corrected chi connectivity index (χ1v) is 14.0. The number of benzene rings is 2. The number of nitrogens with zero attached hydrogens (tertiary/aromatic N) is 4. The van der Waals surface area contributed by atoms with Gasteiger partial charge in [0.15, 0.2) is 0 Å². The quantitative estimate of drug-likeness (QED) is 0.371. The summed E-state index contributed by atoms with van der Waals surface area (Å²) in [6.45, 7) is 8.13. The first-order valence-electron chi connectivity index (χ1n) is 14.0. The molecule has 2 unspecified atom stereocenters. The number of quaternary nitrogens is 1. The molecular formula is C30H41N4O4+. The lowest BCUT2D eigenvalue weighted by atomic mass is 10.0. The van der Waals surface area contributed by atoms with Crippen molar-refractivity contribution in [1.82, 2.24) is 14.7 Å². The molecule has 3 heterocycles. The molecule has 0 bridgehead atoms. The number of hydrogen-bond donors (Lipinski definition) is 0. The summed E-state index contributed by atoms with van der Waals surface area (Å²) in [4.78, 5) is 32.3. The van der Waals surface area contributed by atoms with Crippen molar-refractivity contribution in [1.29, 1.82) is 0 Å². The molecule has 8 nitrogen and oxygen atoms in total. The van der Waals surface area contributed by atoms with Gasteiger partial charge in [-0.3, -0.25) is 14.6 Å².